The van der Waals surface area contributed by atoms with Gasteiger partial charge >= 0.3 is 0 Å². The first-order valence-electron chi connectivity index (χ1n) is 7.32. The Balaban J connectivity index is 1.91. The van der Waals surface area contributed by atoms with E-state index in [1.165, 1.54) is 4.31 Å². The molecule has 2 atom stereocenters. The van der Waals surface area contributed by atoms with Gasteiger partial charge in [0.2, 0.25) is 0 Å². The first-order valence-corrected chi connectivity index (χ1v) is 8.76. The number of nitrogens with zero attached hydrogens (tertiary/aromatic N) is 3. The Morgan fingerprint density at radius 2 is 2.05 bits per heavy atom. The van der Waals surface area contributed by atoms with Gasteiger partial charge in [-0.2, -0.15) is 9.40 Å². The van der Waals surface area contributed by atoms with Crippen LogP contribution in [0.15, 0.2) is 5.03 Å². The zero-order valence-corrected chi connectivity index (χ0v) is 13.2. The Labute approximate surface area is 125 Å². The molecular formula is C13H22N4O3S. The van der Waals surface area contributed by atoms with E-state index < -0.39 is 10.0 Å². The molecule has 2 unspecified atom stereocenters. The monoisotopic (exact) mass is 314 g/mol. The van der Waals surface area contributed by atoms with Crippen molar-refractivity contribution in [1.29, 1.82) is 0 Å². The molecule has 2 bridgehead atoms. The number of hydrogen-bond acceptors (Lipinski definition) is 5. The van der Waals surface area contributed by atoms with Gasteiger partial charge in [-0.1, -0.05) is 0 Å². The van der Waals surface area contributed by atoms with Crippen molar-refractivity contribution in [3.8, 4) is 0 Å². The van der Waals surface area contributed by atoms with Gasteiger partial charge in [0, 0.05) is 36.4 Å². The highest BCUT2D eigenvalue weighted by atomic mass is 32.2. The molecule has 0 amide bonds. The van der Waals surface area contributed by atoms with Gasteiger partial charge < -0.3 is 5.11 Å². The van der Waals surface area contributed by atoms with Crippen LogP contribution in [-0.2, 0) is 16.6 Å². The number of aryl methyl sites for hydroxylation is 1. The smallest absolute Gasteiger partial charge is 0.262 e. The van der Waals surface area contributed by atoms with Crippen LogP contribution in [0.3, 0.4) is 0 Å². The fraction of sp³-hybridized carbons (Fsp3) is 0.769. The van der Waals surface area contributed by atoms with Gasteiger partial charge in [0.15, 0.2) is 5.03 Å². The minimum Gasteiger partial charge on any atom is -0.392 e. The Hall–Kier alpha value is -0.960. The molecule has 2 aliphatic rings. The summed E-state index contributed by atoms with van der Waals surface area (Å²) < 4.78 is 27.2. The molecule has 118 valence electrons. The first kappa shape index (κ1) is 15.0. The third-order valence-electron chi connectivity index (χ3n) is 4.89. The van der Waals surface area contributed by atoms with Crippen LogP contribution in [0.25, 0.3) is 0 Å². The molecule has 2 saturated heterocycles. The molecule has 2 aliphatic heterocycles. The number of hydrogen-bond donors (Lipinski definition) is 2. The molecule has 3 heterocycles. The van der Waals surface area contributed by atoms with Crippen LogP contribution in [0.5, 0.6) is 0 Å². The van der Waals surface area contributed by atoms with Gasteiger partial charge in [0.1, 0.15) is 0 Å². The molecule has 21 heavy (non-hydrogen) atoms. The van der Waals surface area contributed by atoms with E-state index in [1.807, 2.05) is 0 Å². The lowest BCUT2D eigenvalue weighted by Crippen LogP contribution is -2.40. The highest BCUT2D eigenvalue weighted by molar-refractivity contribution is 7.89. The zero-order valence-electron chi connectivity index (χ0n) is 12.4. The second-order valence-corrected chi connectivity index (χ2v) is 7.85. The summed E-state index contributed by atoms with van der Waals surface area (Å²) in [6.45, 7) is 2.42. The fourth-order valence-corrected chi connectivity index (χ4v) is 5.10. The normalized spacial score (nSPS) is 28.0. The molecule has 2 N–H and O–H groups in total. The van der Waals surface area contributed by atoms with Crippen LogP contribution in [0.4, 0.5) is 0 Å². The molecule has 3 rings (SSSR count). The van der Waals surface area contributed by atoms with Crippen LogP contribution >= 0.6 is 0 Å². The highest BCUT2D eigenvalue weighted by Crippen LogP contribution is 2.31. The van der Waals surface area contributed by atoms with Crippen molar-refractivity contribution in [2.75, 3.05) is 20.1 Å². The summed E-state index contributed by atoms with van der Waals surface area (Å²) in [7, 11) is -1.57. The predicted molar refractivity (Wildman–Crippen MR) is 77.2 cm³/mol. The second kappa shape index (κ2) is 5.35. The summed E-state index contributed by atoms with van der Waals surface area (Å²) in [6, 6.07) is 0.762. The van der Waals surface area contributed by atoms with Gasteiger partial charge in [0.25, 0.3) is 10.0 Å². The molecule has 7 nitrogen and oxygen atoms in total. The first-order chi connectivity index (χ1) is 9.95. The number of likely N-dealkylation sites (N-methyl/N-ethyl adjacent to an activating group) is 1. The molecule has 2 fully saturated rings. The summed E-state index contributed by atoms with van der Waals surface area (Å²) in [6.07, 6.45) is 3.04. The SMILES string of the molecule is Cc1[nH]nc(S(=O)(=O)N2CCC3CCC(C2)N3C)c1CO. The molecule has 0 radical (unpaired) electrons. The number of aromatic nitrogens is 2. The van der Waals surface area contributed by atoms with Gasteiger partial charge in [-0.25, -0.2) is 8.42 Å². The van der Waals surface area contributed by atoms with Gasteiger partial charge in [-0.15, -0.1) is 0 Å². The van der Waals surface area contributed by atoms with Crippen molar-refractivity contribution < 1.29 is 13.5 Å². The summed E-state index contributed by atoms with van der Waals surface area (Å²) in [5.74, 6) is 0. The zero-order chi connectivity index (χ0) is 15.2. The number of sulfonamides is 1. The van der Waals surface area contributed by atoms with Gasteiger partial charge in [0.05, 0.1) is 6.61 Å². The Morgan fingerprint density at radius 1 is 1.33 bits per heavy atom. The van der Waals surface area contributed by atoms with Crippen molar-refractivity contribution in [3.63, 3.8) is 0 Å². The van der Waals surface area contributed by atoms with E-state index in [0.29, 0.717) is 30.4 Å². The van der Waals surface area contributed by atoms with Crippen LogP contribution in [-0.4, -0.2) is 65.1 Å². The van der Waals surface area contributed by atoms with Crippen LogP contribution in [0.1, 0.15) is 30.5 Å². The average molecular weight is 314 g/mol. The number of nitrogens with one attached hydrogen (secondary N) is 1. The van der Waals surface area contributed by atoms with E-state index >= 15 is 0 Å². The lowest BCUT2D eigenvalue weighted by atomic mass is 10.1. The minimum absolute atomic E-state index is 0.0251. The minimum atomic E-state index is -3.65. The number of fused-ring (bicyclic) bond motifs is 2. The lowest BCUT2D eigenvalue weighted by molar-refractivity contribution is 0.246. The number of aliphatic hydroxyl groups is 1. The van der Waals surface area contributed by atoms with Crippen molar-refractivity contribution in [2.45, 2.75) is 49.9 Å². The standard InChI is InChI=1S/C13H22N4O3S/c1-9-12(8-18)13(15-14-9)21(19,20)17-6-5-10-3-4-11(7-17)16(10)2/h10-11,18H,3-8H2,1-2H3,(H,14,15). The van der Waals surface area contributed by atoms with Gasteiger partial charge in [-0.05, 0) is 33.2 Å². The topological polar surface area (TPSA) is 89.5 Å². The van der Waals surface area contributed by atoms with Crippen molar-refractivity contribution in [3.05, 3.63) is 11.3 Å². The molecular weight excluding hydrogens is 292 g/mol. The van der Waals surface area contributed by atoms with Crippen molar-refractivity contribution >= 4 is 10.0 Å². The van der Waals surface area contributed by atoms with E-state index in [9.17, 15) is 13.5 Å². The molecule has 1 aromatic heterocycles. The Kier molecular flexibility index (Phi) is 3.81. The molecule has 8 heteroatoms. The quantitative estimate of drug-likeness (QED) is 0.824. The number of H-pyrrole nitrogens is 1. The van der Waals surface area contributed by atoms with E-state index in [-0.39, 0.29) is 17.7 Å². The average Bonchev–Trinajstić information content (AvgIpc) is 2.90. The third kappa shape index (κ3) is 2.40. The molecule has 0 saturated carbocycles. The van der Waals surface area contributed by atoms with Crippen LogP contribution < -0.4 is 0 Å². The van der Waals surface area contributed by atoms with Crippen LogP contribution in [0.2, 0.25) is 0 Å². The largest absolute Gasteiger partial charge is 0.392 e. The third-order valence-corrected chi connectivity index (χ3v) is 6.73. The van der Waals surface area contributed by atoms with E-state index in [2.05, 4.69) is 22.1 Å². The summed E-state index contributed by atoms with van der Waals surface area (Å²) in [5, 5.41) is 16.0. The maximum Gasteiger partial charge on any atom is 0.262 e. The second-order valence-electron chi connectivity index (χ2n) is 5.99. The maximum atomic E-state index is 12.8. The number of aliphatic hydroxyl groups excluding tert-OH is 1. The number of rotatable bonds is 3. The van der Waals surface area contributed by atoms with Gasteiger partial charge in [-0.3, -0.25) is 10.00 Å². The summed E-state index contributed by atoms with van der Waals surface area (Å²) in [4.78, 5) is 2.30. The summed E-state index contributed by atoms with van der Waals surface area (Å²) >= 11 is 0. The highest BCUT2D eigenvalue weighted by Gasteiger charge is 2.40. The van der Waals surface area contributed by atoms with E-state index in [1.54, 1.807) is 6.92 Å². The van der Waals surface area contributed by atoms with Crippen molar-refractivity contribution in [2.24, 2.45) is 0 Å². The van der Waals surface area contributed by atoms with Crippen LogP contribution in [0, 0.1) is 6.92 Å². The summed E-state index contributed by atoms with van der Waals surface area (Å²) in [5.41, 5.74) is 0.974. The molecule has 0 aromatic carbocycles. The molecule has 1 aromatic rings. The molecule has 0 aliphatic carbocycles. The van der Waals surface area contributed by atoms with Crippen molar-refractivity contribution in [1.82, 2.24) is 19.4 Å². The molecule has 0 spiro atoms. The van der Waals surface area contributed by atoms with E-state index in [4.69, 9.17) is 0 Å². The Morgan fingerprint density at radius 3 is 2.76 bits per heavy atom. The predicted octanol–water partition coefficient (Wildman–Crippen LogP) is 0.0676. The fourth-order valence-electron chi connectivity index (χ4n) is 3.45. The Bertz CT molecular complexity index is 627. The van der Waals surface area contributed by atoms with E-state index in [0.717, 1.165) is 19.3 Å². The number of aromatic amines is 1. The lowest BCUT2D eigenvalue weighted by Gasteiger charge is -2.24. The maximum absolute atomic E-state index is 12.8.